The monoisotopic (exact) mass is 416 g/mol. The molecule has 2 aromatic carbocycles. The predicted molar refractivity (Wildman–Crippen MR) is 101 cm³/mol. The van der Waals surface area contributed by atoms with Crippen LogP contribution < -0.4 is 10.2 Å². The Balaban J connectivity index is 1.79. The number of amides is 1. The van der Waals surface area contributed by atoms with Crippen molar-refractivity contribution in [1.29, 1.82) is 0 Å². The third-order valence-electron chi connectivity index (χ3n) is 3.98. The highest BCUT2D eigenvalue weighted by molar-refractivity contribution is 7.99. The second-order valence-electron chi connectivity index (χ2n) is 5.71. The van der Waals surface area contributed by atoms with Crippen molar-refractivity contribution in [2.24, 2.45) is 0 Å². The molecule has 0 spiro atoms. The van der Waals surface area contributed by atoms with Crippen LogP contribution in [0, 0.1) is 5.82 Å². The van der Waals surface area contributed by atoms with Crippen LogP contribution >= 0.6 is 23.4 Å². The number of carbonyl (C=O) groups is 1. The van der Waals surface area contributed by atoms with Crippen LogP contribution in [0.4, 0.5) is 24.5 Å². The van der Waals surface area contributed by atoms with Crippen molar-refractivity contribution >= 4 is 40.6 Å². The summed E-state index contributed by atoms with van der Waals surface area (Å²) in [5, 5.41) is 2.63. The maximum absolute atomic E-state index is 14.5. The van der Waals surface area contributed by atoms with Gasteiger partial charge in [0.1, 0.15) is 5.82 Å². The zero-order chi connectivity index (χ0) is 19.4. The molecule has 1 N–H and O–H groups in total. The molecule has 1 aliphatic heterocycles. The molecule has 0 bridgehead atoms. The van der Waals surface area contributed by atoms with Crippen molar-refractivity contribution in [2.45, 2.75) is 10.7 Å². The molecule has 27 heavy (non-hydrogen) atoms. The number of halogens is 4. The first-order valence-corrected chi connectivity index (χ1v) is 9.38. The summed E-state index contributed by atoms with van der Waals surface area (Å²) in [6.45, 7) is 2.17. The third-order valence-corrected chi connectivity index (χ3v) is 5.26. The van der Waals surface area contributed by atoms with Crippen molar-refractivity contribution in [3.63, 3.8) is 0 Å². The molecule has 1 heterocycles. The molecule has 0 aromatic heterocycles. The molecule has 4 nitrogen and oxygen atoms in total. The Morgan fingerprint density at radius 2 is 1.96 bits per heavy atom. The Kier molecular flexibility index (Phi) is 6.51. The van der Waals surface area contributed by atoms with Gasteiger partial charge in [-0.3, -0.25) is 4.79 Å². The number of hydrogen-bond acceptors (Lipinski definition) is 4. The Hall–Kier alpha value is -1.90. The van der Waals surface area contributed by atoms with Crippen molar-refractivity contribution in [1.82, 2.24) is 0 Å². The molecule has 1 saturated heterocycles. The highest BCUT2D eigenvalue weighted by atomic mass is 35.5. The molecule has 0 aliphatic carbocycles. The Morgan fingerprint density at radius 3 is 2.63 bits per heavy atom. The Labute approximate surface area is 163 Å². The first kappa shape index (κ1) is 19.9. The number of alkyl halides is 2. The van der Waals surface area contributed by atoms with Crippen molar-refractivity contribution in [3.8, 4) is 0 Å². The van der Waals surface area contributed by atoms with Crippen LogP contribution in [0.25, 0.3) is 0 Å². The minimum Gasteiger partial charge on any atom is -0.378 e. The van der Waals surface area contributed by atoms with Gasteiger partial charge in [-0.05, 0) is 30.3 Å². The van der Waals surface area contributed by atoms with Crippen LogP contribution in [0.2, 0.25) is 5.02 Å². The standard InChI is InChI=1S/C18H16ClF3N2O2S/c19-12-2-1-3-14(16(12)27-18(21)22)23-17(25)11-4-5-15(13(20)10-11)24-6-8-26-9-7-24/h1-5,10,18H,6-9H2,(H,23,25). The van der Waals surface area contributed by atoms with Crippen LogP contribution in [-0.2, 0) is 4.74 Å². The molecule has 3 rings (SSSR count). The number of nitrogens with zero attached hydrogens (tertiary/aromatic N) is 1. The van der Waals surface area contributed by atoms with Gasteiger partial charge in [-0.15, -0.1) is 0 Å². The smallest absolute Gasteiger partial charge is 0.289 e. The van der Waals surface area contributed by atoms with Crippen LogP contribution in [0.1, 0.15) is 10.4 Å². The van der Waals surface area contributed by atoms with E-state index in [9.17, 15) is 18.0 Å². The Bertz CT molecular complexity index is 832. The quantitative estimate of drug-likeness (QED) is 0.705. The molecular weight excluding hydrogens is 401 g/mol. The Morgan fingerprint density at radius 1 is 1.22 bits per heavy atom. The SMILES string of the molecule is O=C(Nc1cccc(Cl)c1SC(F)F)c1ccc(N2CCOCC2)c(F)c1. The van der Waals surface area contributed by atoms with Gasteiger partial charge in [0.2, 0.25) is 0 Å². The van der Waals surface area contributed by atoms with Crippen LogP contribution in [0.15, 0.2) is 41.3 Å². The van der Waals surface area contributed by atoms with E-state index < -0.39 is 17.5 Å². The van der Waals surface area contributed by atoms with E-state index in [0.717, 1.165) is 6.07 Å². The van der Waals surface area contributed by atoms with Gasteiger partial charge in [-0.2, -0.15) is 8.78 Å². The first-order chi connectivity index (χ1) is 13.0. The summed E-state index contributed by atoms with van der Waals surface area (Å²) in [4.78, 5) is 14.4. The lowest BCUT2D eigenvalue weighted by Crippen LogP contribution is -2.36. The van der Waals surface area contributed by atoms with Crippen molar-refractivity contribution < 1.29 is 22.7 Å². The van der Waals surface area contributed by atoms with E-state index in [-0.39, 0.29) is 32.9 Å². The van der Waals surface area contributed by atoms with Gasteiger partial charge in [0, 0.05) is 18.7 Å². The maximum atomic E-state index is 14.5. The summed E-state index contributed by atoms with van der Waals surface area (Å²) >= 11 is 6.19. The molecule has 1 aliphatic rings. The number of morpholine rings is 1. The number of benzene rings is 2. The average Bonchev–Trinajstić information content (AvgIpc) is 2.65. The number of carbonyl (C=O) groups excluding carboxylic acids is 1. The highest BCUT2D eigenvalue weighted by Gasteiger charge is 2.19. The van der Waals surface area contributed by atoms with Gasteiger partial charge < -0.3 is 15.0 Å². The topological polar surface area (TPSA) is 41.6 Å². The summed E-state index contributed by atoms with van der Waals surface area (Å²) in [7, 11) is 0. The molecule has 2 aromatic rings. The molecule has 0 radical (unpaired) electrons. The summed E-state index contributed by atoms with van der Waals surface area (Å²) in [6.07, 6.45) is 0. The lowest BCUT2D eigenvalue weighted by atomic mass is 10.1. The molecule has 1 amide bonds. The van der Waals surface area contributed by atoms with Crippen LogP contribution in [0.5, 0.6) is 0 Å². The van der Waals surface area contributed by atoms with Crippen LogP contribution in [0.3, 0.4) is 0 Å². The van der Waals surface area contributed by atoms with Gasteiger partial charge in [-0.1, -0.05) is 29.4 Å². The van der Waals surface area contributed by atoms with E-state index in [0.29, 0.717) is 32.0 Å². The van der Waals surface area contributed by atoms with Gasteiger partial charge in [0.05, 0.1) is 34.5 Å². The zero-order valence-corrected chi connectivity index (χ0v) is 15.6. The molecule has 0 unspecified atom stereocenters. The van der Waals surface area contributed by atoms with Gasteiger partial charge >= 0.3 is 0 Å². The van der Waals surface area contributed by atoms with Crippen LogP contribution in [-0.4, -0.2) is 38.0 Å². The number of anilines is 2. The lowest BCUT2D eigenvalue weighted by Gasteiger charge is -2.29. The first-order valence-electron chi connectivity index (χ1n) is 8.12. The third kappa shape index (κ3) is 4.88. The van der Waals surface area contributed by atoms with Crippen molar-refractivity contribution in [3.05, 3.63) is 52.8 Å². The lowest BCUT2D eigenvalue weighted by molar-refractivity contribution is 0.102. The fourth-order valence-electron chi connectivity index (χ4n) is 2.72. The van der Waals surface area contributed by atoms with Gasteiger partial charge in [0.15, 0.2) is 0 Å². The fraction of sp³-hybridized carbons (Fsp3) is 0.278. The normalized spacial score (nSPS) is 14.5. The van der Waals surface area contributed by atoms with E-state index in [2.05, 4.69) is 5.32 Å². The number of rotatable bonds is 5. The summed E-state index contributed by atoms with van der Waals surface area (Å²) < 4.78 is 45.2. The summed E-state index contributed by atoms with van der Waals surface area (Å²) in [5.41, 5.74) is 0.625. The van der Waals surface area contributed by atoms with E-state index >= 15 is 0 Å². The maximum Gasteiger partial charge on any atom is 0.289 e. The second kappa shape index (κ2) is 8.86. The average molecular weight is 417 g/mol. The molecule has 1 fully saturated rings. The molecule has 144 valence electrons. The summed E-state index contributed by atoms with van der Waals surface area (Å²) in [5.74, 6) is -3.83. The molecule has 9 heteroatoms. The van der Waals surface area contributed by atoms with Crippen molar-refractivity contribution in [2.75, 3.05) is 36.5 Å². The number of ether oxygens (including phenoxy) is 1. The predicted octanol–water partition coefficient (Wildman–Crippen LogP) is 4.88. The van der Waals surface area contributed by atoms with E-state index in [1.54, 1.807) is 0 Å². The van der Waals surface area contributed by atoms with Gasteiger partial charge in [0.25, 0.3) is 11.7 Å². The molecule has 0 saturated carbocycles. The highest BCUT2D eigenvalue weighted by Crippen LogP contribution is 2.37. The minimum absolute atomic E-state index is 0.0629. The number of nitrogens with one attached hydrogen (secondary N) is 1. The second-order valence-corrected chi connectivity index (χ2v) is 7.12. The minimum atomic E-state index is -2.69. The van der Waals surface area contributed by atoms with E-state index in [4.69, 9.17) is 16.3 Å². The largest absolute Gasteiger partial charge is 0.378 e. The molecular formula is C18H16ClF3N2O2S. The fourth-order valence-corrected chi connectivity index (χ4v) is 3.63. The summed E-state index contributed by atoms with van der Waals surface area (Å²) in [6, 6.07) is 8.61. The number of hydrogen-bond donors (Lipinski definition) is 1. The van der Waals surface area contributed by atoms with E-state index in [1.165, 1.54) is 30.3 Å². The zero-order valence-electron chi connectivity index (χ0n) is 14.1. The van der Waals surface area contributed by atoms with Gasteiger partial charge in [-0.25, -0.2) is 4.39 Å². The van der Waals surface area contributed by atoms with E-state index in [1.807, 2.05) is 4.90 Å². The number of thioether (sulfide) groups is 1. The molecule has 0 atom stereocenters.